The van der Waals surface area contributed by atoms with Crippen LogP contribution in [-0.2, 0) is 0 Å². The van der Waals surface area contributed by atoms with Gasteiger partial charge < -0.3 is 0 Å². The molecule has 2 aliphatic rings. The Kier molecular flexibility index (Phi) is 4.12. The van der Waals surface area contributed by atoms with Gasteiger partial charge in [-0.05, 0) is 24.0 Å². The van der Waals surface area contributed by atoms with Crippen LogP contribution < -0.4 is 0 Å². The molecule has 2 nitrogen and oxygen atoms in total. The Labute approximate surface area is 163 Å². The summed E-state index contributed by atoms with van der Waals surface area (Å²) < 4.78 is -1.60. The van der Waals surface area contributed by atoms with Crippen molar-refractivity contribution in [1.82, 2.24) is 0 Å². The standard InChI is InChI=1S/C22H22O2S2/c1-13(2)21(19(23)15-9-5-7-11-17(15)25-21)22(14(3)4)20(24)16-10-6-8-12-18(16)26-22/h5-14H,1-4H3. The summed E-state index contributed by atoms with van der Waals surface area (Å²) >= 11 is 3.21. The van der Waals surface area contributed by atoms with Crippen molar-refractivity contribution in [3.63, 3.8) is 0 Å². The van der Waals surface area contributed by atoms with Crippen LogP contribution >= 0.6 is 23.5 Å². The average Bonchev–Trinajstić information content (AvgIpc) is 3.10. The van der Waals surface area contributed by atoms with Gasteiger partial charge in [-0.15, -0.1) is 23.5 Å². The molecule has 0 amide bonds. The number of Topliss-reactive ketones (excluding diaryl/α,β-unsaturated/α-hetero) is 2. The highest BCUT2D eigenvalue weighted by Gasteiger charge is 2.69. The average molecular weight is 383 g/mol. The van der Waals surface area contributed by atoms with Crippen molar-refractivity contribution in [2.45, 2.75) is 47.0 Å². The van der Waals surface area contributed by atoms with Crippen molar-refractivity contribution in [2.75, 3.05) is 0 Å². The predicted molar refractivity (Wildman–Crippen MR) is 108 cm³/mol. The van der Waals surface area contributed by atoms with E-state index in [0.717, 1.165) is 20.9 Å². The summed E-state index contributed by atoms with van der Waals surface area (Å²) in [6.07, 6.45) is 0. The predicted octanol–water partition coefficient (Wildman–Crippen LogP) is 5.75. The summed E-state index contributed by atoms with van der Waals surface area (Å²) in [5.41, 5.74) is 1.52. The van der Waals surface area contributed by atoms with Crippen LogP contribution in [0.4, 0.5) is 0 Å². The van der Waals surface area contributed by atoms with Gasteiger partial charge in [0.05, 0.1) is 0 Å². The third-order valence-electron chi connectivity index (χ3n) is 5.66. The molecule has 0 radical (unpaired) electrons. The largest absolute Gasteiger partial charge is 0.292 e. The van der Waals surface area contributed by atoms with Gasteiger partial charge in [0.2, 0.25) is 0 Å². The minimum atomic E-state index is -0.800. The van der Waals surface area contributed by atoms with Gasteiger partial charge in [0.15, 0.2) is 11.6 Å². The lowest BCUT2D eigenvalue weighted by molar-refractivity contribution is 0.0767. The van der Waals surface area contributed by atoms with Crippen molar-refractivity contribution in [2.24, 2.45) is 11.8 Å². The minimum Gasteiger partial charge on any atom is -0.292 e. The summed E-state index contributed by atoms with van der Waals surface area (Å²) in [7, 11) is 0. The van der Waals surface area contributed by atoms with E-state index in [1.54, 1.807) is 23.5 Å². The number of benzene rings is 2. The molecular formula is C22H22O2S2. The molecule has 4 heteroatoms. The highest BCUT2D eigenvalue weighted by molar-refractivity contribution is 8.06. The first-order chi connectivity index (χ1) is 12.4. The number of hydrogen-bond donors (Lipinski definition) is 0. The van der Waals surface area contributed by atoms with Gasteiger partial charge in [-0.2, -0.15) is 0 Å². The number of ketones is 2. The molecule has 0 fully saturated rings. The molecule has 0 spiro atoms. The highest BCUT2D eigenvalue weighted by Crippen LogP contribution is 2.65. The molecular weight excluding hydrogens is 360 g/mol. The van der Waals surface area contributed by atoms with Crippen molar-refractivity contribution in [3.05, 3.63) is 59.7 Å². The summed E-state index contributed by atoms with van der Waals surface area (Å²) in [6, 6.07) is 15.6. The molecule has 0 aromatic heterocycles. The zero-order valence-electron chi connectivity index (χ0n) is 15.4. The molecule has 0 N–H and O–H groups in total. The number of rotatable bonds is 3. The molecule has 0 aliphatic carbocycles. The summed E-state index contributed by atoms with van der Waals surface area (Å²) in [4.78, 5) is 29.5. The lowest BCUT2D eigenvalue weighted by atomic mass is 9.69. The maximum atomic E-state index is 13.8. The smallest absolute Gasteiger partial charge is 0.182 e. The number of hydrogen-bond acceptors (Lipinski definition) is 4. The zero-order chi connectivity index (χ0) is 18.7. The van der Waals surface area contributed by atoms with E-state index in [1.165, 1.54) is 0 Å². The van der Waals surface area contributed by atoms with Crippen molar-refractivity contribution in [1.29, 1.82) is 0 Å². The molecule has 0 bridgehead atoms. The first-order valence-corrected chi connectivity index (χ1v) is 10.6. The molecule has 2 aromatic carbocycles. The van der Waals surface area contributed by atoms with Gasteiger partial charge >= 0.3 is 0 Å². The normalized spacial score (nSPS) is 27.3. The first kappa shape index (κ1) is 17.9. The molecule has 4 rings (SSSR count). The Hall–Kier alpha value is -1.52. The summed E-state index contributed by atoms with van der Waals surface area (Å²) in [5, 5.41) is 0. The van der Waals surface area contributed by atoms with Crippen LogP contribution in [0.5, 0.6) is 0 Å². The first-order valence-electron chi connectivity index (χ1n) is 9.02. The fourth-order valence-corrected chi connectivity index (χ4v) is 8.05. The van der Waals surface area contributed by atoms with Crippen LogP contribution in [0.1, 0.15) is 48.4 Å². The van der Waals surface area contributed by atoms with Crippen LogP contribution in [0.25, 0.3) is 0 Å². The van der Waals surface area contributed by atoms with E-state index in [4.69, 9.17) is 0 Å². The Morgan fingerprint density at radius 1 is 0.654 bits per heavy atom. The van der Waals surface area contributed by atoms with Gasteiger partial charge in [-0.1, -0.05) is 64.1 Å². The number of carbonyl (C=O) groups is 2. The van der Waals surface area contributed by atoms with Gasteiger partial charge in [0, 0.05) is 20.9 Å². The fourth-order valence-electron chi connectivity index (χ4n) is 4.43. The second-order valence-electron chi connectivity index (χ2n) is 7.64. The lowest BCUT2D eigenvalue weighted by Crippen LogP contribution is -2.62. The van der Waals surface area contributed by atoms with E-state index in [0.29, 0.717) is 0 Å². The minimum absolute atomic E-state index is 0.0283. The lowest BCUT2D eigenvalue weighted by Gasteiger charge is -2.47. The molecule has 2 aliphatic heterocycles. The molecule has 2 unspecified atom stereocenters. The van der Waals surface area contributed by atoms with E-state index in [9.17, 15) is 9.59 Å². The van der Waals surface area contributed by atoms with E-state index in [2.05, 4.69) is 27.7 Å². The monoisotopic (exact) mass is 382 g/mol. The van der Waals surface area contributed by atoms with Gasteiger partial charge in [-0.25, -0.2) is 0 Å². The third kappa shape index (κ3) is 2.03. The molecule has 26 heavy (non-hydrogen) atoms. The maximum absolute atomic E-state index is 13.8. The quantitative estimate of drug-likeness (QED) is 0.676. The van der Waals surface area contributed by atoms with Crippen LogP contribution in [0.2, 0.25) is 0 Å². The third-order valence-corrected chi connectivity index (χ3v) is 9.54. The van der Waals surface area contributed by atoms with Gasteiger partial charge in [0.25, 0.3) is 0 Å². The van der Waals surface area contributed by atoms with E-state index >= 15 is 0 Å². The number of thioether (sulfide) groups is 2. The second-order valence-corrected chi connectivity index (χ2v) is 10.2. The van der Waals surface area contributed by atoms with E-state index < -0.39 is 9.49 Å². The molecule has 134 valence electrons. The van der Waals surface area contributed by atoms with Crippen LogP contribution in [0.3, 0.4) is 0 Å². The zero-order valence-corrected chi connectivity index (χ0v) is 17.0. The maximum Gasteiger partial charge on any atom is 0.182 e. The summed E-state index contributed by atoms with van der Waals surface area (Å²) in [5.74, 6) is 0.270. The van der Waals surface area contributed by atoms with Crippen molar-refractivity contribution in [3.8, 4) is 0 Å². The topological polar surface area (TPSA) is 34.1 Å². The van der Waals surface area contributed by atoms with E-state index in [-0.39, 0.29) is 23.4 Å². The molecule has 0 saturated carbocycles. The number of carbonyl (C=O) groups excluding carboxylic acids is 2. The highest BCUT2D eigenvalue weighted by atomic mass is 32.2. The van der Waals surface area contributed by atoms with Crippen LogP contribution in [0.15, 0.2) is 58.3 Å². The Balaban J connectivity index is 1.98. The second kappa shape index (κ2) is 6.00. The van der Waals surface area contributed by atoms with E-state index in [1.807, 2.05) is 48.5 Å². The molecule has 2 heterocycles. The Morgan fingerprint density at radius 2 is 1.00 bits per heavy atom. The molecule has 2 atom stereocenters. The Morgan fingerprint density at radius 3 is 1.31 bits per heavy atom. The van der Waals surface area contributed by atoms with Crippen molar-refractivity contribution < 1.29 is 9.59 Å². The molecule has 0 saturated heterocycles. The van der Waals surface area contributed by atoms with Gasteiger partial charge in [-0.3, -0.25) is 9.59 Å². The van der Waals surface area contributed by atoms with Gasteiger partial charge in [0.1, 0.15) is 9.49 Å². The SMILES string of the molecule is CC(C)C1(C2(C(C)C)Sc3ccccc3C2=O)Sc2ccccc2C1=O. The fraction of sp³-hybridized carbons (Fsp3) is 0.364. The number of fused-ring (bicyclic) bond motifs is 2. The Bertz CT molecular complexity index is 842. The van der Waals surface area contributed by atoms with Crippen LogP contribution in [0, 0.1) is 11.8 Å². The van der Waals surface area contributed by atoms with Crippen LogP contribution in [-0.4, -0.2) is 21.1 Å². The molecule has 2 aromatic rings. The summed E-state index contributed by atoms with van der Waals surface area (Å²) in [6.45, 7) is 8.32. The van der Waals surface area contributed by atoms with Crippen molar-refractivity contribution >= 4 is 35.1 Å².